The number of benzene rings is 2. The molecule has 1 aliphatic rings. The Morgan fingerprint density at radius 3 is 2.39 bits per heavy atom. The van der Waals surface area contributed by atoms with Crippen LogP contribution in [0.3, 0.4) is 0 Å². The molecule has 0 unspecified atom stereocenters. The second-order valence-corrected chi connectivity index (χ2v) is 10.1. The molecule has 7 nitrogen and oxygen atoms in total. The summed E-state index contributed by atoms with van der Waals surface area (Å²) in [6.45, 7) is 5.50. The molecule has 0 aromatic heterocycles. The first-order valence-corrected chi connectivity index (χ1v) is 12.3. The third-order valence-electron chi connectivity index (χ3n) is 5.43. The molecule has 2 aromatic carbocycles. The quantitative estimate of drug-likeness (QED) is 0.708. The summed E-state index contributed by atoms with van der Waals surface area (Å²) >= 11 is 0. The van der Waals surface area contributed by atoms with Crippen molar-refractivity contribution >= 4 is 27.3 Å². The summed E-state index contributed by atoms with van der Waals surface area (Å²) in [5.74, 6) is 0.356. The van der Waals surface area contributed by atoms with Crippen LogP contribution in [0.5, 0.6) is 5.75 Å². The molecule has 168 valence electrons. The van der Waals surface area contributed by atoms with Crippen LogP contribution in [0.4, 0.5) is 11.4 Å². The number of ether oxygens (including phenoxy) is 1. The topological polar surface area (TPSA) is 79.0 Å². The van der Waals surface area contributed by atoms with Crippen molar-refractivity contribution < 1.29 is 17.9 Å². The number of carbonyl (C=O) groups is 1. The maximum atomic E-state index is 12.8. The largest absolute Gasteiger partial charge is 0.490 e. The van der Waals surface area contributed by atoms with E-state index in [0.29, 0.717) is 11.4 Å². The summed E-state index contributed by atoms with van der Waals surface area (Å²) < 4.78 is 32.0. The number of hydrogen-bond donors (Lipinski definition) is 1. The molecule has 0 aliphatic carbocycles. The van der Waals surface area contributed by atoms with Gasteiger partial charge in [0.1, 0.15) is 17.9 Å². The molecule has 1 heterocycles. The number of sulfonamides is 1. The smallest absolute Gasteiger partial charge is 0.247 e. The van der Waals surface area contributed by atoms with Crippen molar-refractivity contribution in [2.24, 2.45) is 0 Å². The van der Waals surface area contributed by atoms with Gasteiger partial charge in [0.25, 0.3) is 0 Å². The SMILES string of the molecule is Cc1cccc(N([C@H](C)C(=O)Nc2ccc(OC3CCN(C)CC3)cc2)S(C)(=O)=O)c1. The Morgan fingerprint density at radius 1 is 1.16 bits per heavy atom. The standard InChI is InChI=1S/C23H31N3O4S/c1-17-6-5-7-20(16-17)26(31(4,28)29)18(2)23(27)24-19-8-10-21(11-9-19)30-22-12-14-25(3)15-13-22/h5-11,16,18,22H,12-15H2,1-4H3,(H,24,27)/t18-/m1/s1. The van der Waals surface area contributed by atoms with Crippen LogP contribution in [-0.4, -0.2) is 57.8 Å². The Bertz CT molecular complexity index is 1000. The van der Waals surface area contributed by atoms with Crippen LogP contribution in [-0.2, 0) is 14.8 Å². The Hall–Kier alpha value is -2.58. The first-order chi connectivity index (χ1) is 14.6. The molecular weight excluding hydrogens is 414 g/mol. The van der Waals surface area contributed by atoms with Crippen LogP contribution in [0.25, 0.3) is 0 Å². The Balaban J connectivity index is 1.66. The first kappa shape index (κ1) is 23.1. The number of anilines is 2. The molecule has 1 fully saturated rings. The summed E-state index contributed by atoms with van der Waals surface area (Å²) in [5.41, 5.74) is 1.97. The fourth-order valence-electron chi connectivity index (χ4n) is 3.73. The summed E-state index contributed by atoms with van der Waals surface area (Å²) in [6, 6.07) is 13.4. The Kier molecular flexibility index (Phi) is 7.23. The number of piperidine rings is 1. The molecule has 0 spiro atoms. The van der Waals surface area contributed by atoms with E-state index in [-0.39, 0.29) is 6.10 Å². The minimum absolute atomic E-state index is 0.203. The van der Waals surface area contributed by atoms with E-state index in [1.165, 1.54) is 0 Å². The summed E-state index contributed by atoms with van der Waals surface area (Å²) in [6.07, 6.45) is 3.29. The van der Waals surface area contributed by atoms with Crippen LogP contribution in [0, 0.1) is 6.92 Å². The molecule has 0 bridgehead atoms. The average molecular weight is 446 g/mol. The fourth-order valence-corrected chi connectivity index (χ4v) is 4.90. The molecular formula is C23H31N3O4S. The van der Waals surface area contributed by atoms with Gasteiger partial charge in [0, 0.05) is 18.8 Å². The van der Waals surface area contributed by atoms with Gasteiger partial charge in [-0.05, 0) is 75.7 Å². The average Bonchev–Trinajstić information content (AvgIpc) is 2.70. The Morgan fingerprint density at radius 2 is 1.81 bits per heavy atom. The second-order valence-electron chi connectivity index (χ2n) is 8.21. The zero-order chi connectivity index (χ0) is 22.6. The number of aryl methyl sites for hydroxylation is 1. The molecule has 0 saturated carbocycles. The van der Waals surface area contributed by atoms with E-state index in [1.54, 1.807) is 37.3 Å². The van der Waals surface area contributed by atoms with Gasteiger partial charge in [-0.15, -0.1) is 0 Å². The van der Waals surface area contributed by atoms with Crippen LogP contribution >= 0.6 is 0 Å². The van der Waals surface area contributed by atoms with E-state index in [9.17, 15) is 13.2 Å². The minimum Gasteiger partial charge on any atom is -0.490 e. The summed E-state index contributed by atoms with van der Waals surface area (Å²) in [7, 11) is -1.54. The van der Waals surface area contributed by atoms with Crippen LogP contribution < -0.4 is 14.4 Å². The molecule has 8 heteroatoms. The lowest BCUT2D eigenvalue weighted by Crippen LogP contribution is -2.45. The molecule has 1 amide bonds. The monoisotopic (exact) mass is 445 g/mol. The van der Waals surface area contributed by atoms with Crippen molar-refractivity contribution in [3.63, 3.8) is 0 Å². The predicted octanol–water partition coefficient (Wildman–Crippen LogP) is 3.26. The van der Waals surface area contributed by atoms with Gasteiger partial charge in [-0.25, -0.2) is 8.42 Å². The van der Waals surface area contributed by atoms with E-state index >= 15 is 0 Å². The zero-order valence-corrected chi connectivity index (χ0v) is 19.4. The van der Waals surface area contributed by atoms with Crippen molar-refractivity contribution in [3.8, 4) is 5.75 Å². The molecule has 1 aliphatic heterocycles. The minimum atomic E-state index is -3.65. The van der Waals surface area contributed by atoms with Gasteiger partial charge in [0.15, 0.2) is 0 Å². The maximum Gasteiger partial charge on any atom is 0.247 e. The van der Waals surface area contributed by atoms with Gasteiger partial charge < -0.3 is 15.0 Å². The van der Waals surface area contributed by atoms with Gasteiger partial charge in [-0.3, -0.25) is 9.10 Å². The van der Waals surface area contributed by atoms with Crippen molar-refractivity contribution in [1.29, 1.82) is 0 Å². The Labute approximate surface area is 185 Å². The number of nitrogens with zero attached hydrogens (tertiary/aromatic N) is 2. The normalized spacial score (nSPS) is 16.5. The van der Waals surface area contributed by atoms with Crippen LogP contribution in [0.15, 0.2) is 48.5 Å². The summed E-state index contributed by atoms with van der Waals surface area (Å²) in [4.78, 5) is 15.1. The highest BCUT2D eigenvalue weighted by molar-refractivity contribution is 7.92. The summed E-state index contributed by atoms with van der Waals surface area (Å²) in [5, 5.41) is 2.81. The number of likely N-dealkylation sites (tertiary alicyclic amines) is 1. The number of carbonyl (C=O) groups excluding carboxylic acids is 1. The van der Waals surface area contributed by atoms with E-state index < -0.39 is 22.0 Å². The van der Waals surface area contributed by atoms with Crippen molar-refractivity contribution in [1.82, 2.24) is 4.90 Å². The highest BCUT2D eigenvalue weighted by Gasteiger charge is 2.29. The molecule has 1 atom stereocenters. The van der Waals surface area contributed by atoms with Gasteiger partial charge in [0.05, 0.1) is 11.9 Å². The molecule has 0 radical (unpaired) electrons. The molecule has 1 N–H and O–H groups in total. The highest BCUT2D eigenvalue weighted by atomic mass is 32.2. The third-order valence-corrected chi connectivity index (χ3v) is 6.68. The van der Waals surface area contributed by atoms with Gasteiger partial charge in [0.2, 0.25) is 15.9 Å². The number of hydrogen-bond acceptors (Lipinski definition) is 5. The van der Waals surface area contributed by atoms with E-state index in [4.69, 9.17) is 4.74 Å². The maximum absolute atomic E-state index is 12.8. The van der Waals surface area contributed by atoms with Gasteiger partial charge >= 0.3 is 0 Å². The number of rotatable bonds is 7. The lowest BCUT2D eigenvalue weighted by Gasteiger charge is -2.29. The van der Waals surface area contributed by atoms with E-state index in [1.807, 2.05) is 25.1 Å². The van der Waals surface area contributed by atoms with E-state index in [2.05, 4.69) is 17.3 Å². The predicted molar refractivity (Wildman–Crippen MR) is 124 cm³/mol. The van der Waals surface area contributed by atoms with Crippen molar-refractivity contribution in [2.75, 3.05) is 36.0 Å². The van der Waals surface area contributed by atoms with Crippen LogP contribution in [0.2, 0.25) is 0 Å². The molecule has 3 rings (SSSR count). The first-order valence-electron chi connectivity index (χ1n) is 10.5. The van der Waals surface area contributed by atoms with Gasteiger partial charge in [-0.2, -0.15) is 0 Å². The third kappa shape index (κ3) is 6.21. The number of amides is 1. The molecule has 2 aromatic rings. The van der Waals surface area contributed by atoms with Crippen molar-refractivity contribution in [2.45, 2.75) is 38.8 Å². The van der Waals surface area contributed by atoms with Crippen LogP contribution in [0.1, 0.15) is 25.3 Å². The fraction of sp³-hybridized carbons (Fsp3) is 0.435. The zero-order valence-electron chi connectivity index (χ0n) is 18.5. The highest BCUT2D eigenvalue weighted by Crippen LogP contribution is 2.24. The molecule has 1 saturated heterocycles. The lowest BCUT2D eigenvalue weighted by atomic mass is 10.1. The second kappa shape index (κ2) is 9.70. The molecule has 31 heavy (non-hydrogen) atoms. The number of nitrogens with one attached hydrogen (secondary N) is 1. The van der Waals surface area contributed by atoms with Gasteiger partial charge in [-0.1, -0.05) is 12.1 Å². The van der Waals surface area contributed by atoms with E-state index in [0.717, 1.165) is 47.8 Å². The van der Waals surface area contributed by atoms with Crippen molar-refractivity contribution in [3.05, 3.63) is 54.1 Å². The lowest BCUT2D eigenvalue weighted by molar-refractivity contribution is -0.116.